The zero-order chi connectivity index (χ0) is 15.0. The number of rotatable bonds is 2. The number of hydrogen-bond donors (Lipinski definition) is 0. The van der Waals surface area contributed by atoms with Gasteiger partial charge in [-0.05, 0) is 13.0 Å². The van der Waals surface area contributed by atoms with E-state index >= 15 is 0 Å². The second kappa shape index (κ2) is 5.48. The van der Waals surface area contributed by atoms with Crippen LogP contribution in [0.15, 0.2) is 12.3 Å². The summed E-state index contributed by atoms with van der Waals surface area (Å²) in [6.45, 7) is 6.25. The summed E-state index contributed by atoms with van der Waals surface area (Å²) in [5.74, 6) is 0.0284. The van der Waals surface area contributed by atoms with Crippen LogP contribution in [0.3, 0.4) is 0 Å². The lowest BCUT2D eigenvalue weighted by atomic mass is 10.1. The smallest absolute Gasteiger partial charge is 0.274 e. The summed E-state index contributed by atoms with van der Waals surface area (Å²) in [6, 6.07) is 1.54. The Bertz CT molecular complexity index is 555. The average molecular weight is 291 g/mol. The van der Waals surface area contributed by atoms with Crippen molar-refractivity contribution in [3.8, 4) is 0 Å². The zero-order valence-electron chi connectivity index (χ0n) is 12.5. The van der Waals surface area contributed by atoms with Gasteiger partial charge < -0.3 is 9.80 Å². The molecule has 1 atom stereocenters. The fraction of sp³-hybridized carbons (Fsp3) is 0.643. The first kappa shape index (κ1) is 14.1. The summed E-state index contributed by atoms with van der Waals surface area (Å²) in [6.07, 6.45) is 1.81. The lowest BCUT2D eigenvalue weighted by Crippen LogP contribution is -2.64. The minimum absolute atomic E-state index is 0.0807. The monoisotopic (exact) mass is 291 g/mol. The van der Waals surface area contributed by atoms with Crippen LogP contribution in [0.2, 0.25) is 0 Å². The highest BCUT2D eigenvalue weighted by atomic mass is 16.2. The molecule has 1 aromatic heterocycles. The van der Waals surface area contributed by atoms with E-state index in [9.17, 15) is 9.59 Å². The van der Waals surface area contributed by atoms with Gasteiger partial charge in [0.2, 0.25) is 5.91 Å². The highest BCUT2D eigenvalue weighted by molar-refractivity contribution is 5.93. The number of likely N-dealkylation sites (N-methyl/N-ethyl adjacent to an activating group) is 1. The molecular weight excluding hydrogens is 270 g/mol. The molecule has 0 N–H and O–H groups in total. The molecule has 0 aromatic carbocycles. The molecule has 2 saturated heterocycles. The van der Waals surface area contributed by atoms with Gasteiger partial charge in [-0.1, -0.05) is 0 Å². The number of nitrogens with zero attached hydrogens (tertiary/aromatic N) is 5. The van der Waals surface area contributed by atoms with Crippen LogP contribution < -0.4 is 0 Å². The third kappa shape index (κ3) is 2.53. The van der Waals surface area contributed by atoms with Gasteiger partial charge in [0.25, 0.3) is 5.91 Å². The predicted octanol–water partition coefficient (Wildman–Crippen LogP) is -0.499. The molecule has 0 saturated carbocycles. The van der Waals surface area contributed by atoms with E-state index in [0.717, 1.165) is 26.2 Å². The largest absolute Gasteiger partial charge is 0.343 e. The van der Waals surface area contributed by atoms with Crippen LogP contribution in [-0.4, -0.2) is 82.1 Å². The summed E-state index contributed by atoms with van der Waals surface area (Å²) in [7, 11) is 1.82. The average Bonchev–Trinajstić information content (AvgIpc) is 2.99. The number of carbonyl (C=O) groups is 2. The van der Waals surface area contributed by atoms with E-state index in [0.29, 0.717) is 18.8 Å². The van der Waals surface area contributed by atoms with E-state index in [1.165, 1.54) is 0 Å². The summed E-state index contributed by atoms with van der Waals surface area (Å²) in [5, 5.41) is 4.26. The van der Waals surface area contributed by atoms with Crippen LogP contribution in [-0.2, 0) is 11.3 Å². The Hall–Kier alpha value is -1.89. The third-order valence-electron chi connectivity index (χ3n) is 4.35. The van der Waals surface area contributed by atoms with Crippen molar-refractivity contribution in [2.24, 2.45) is 0 Å². The van der Waals surface area contributed by atoms with Crippen LogP contribution in [0.5, 0.6) is 0 Å². The van der Waals surface area contributed by atoms with E-state index in [1.54, 1.807) is 20.5 Å². The number of aryl methyl sites for hydroxylation is 1. The Labute approximate surface area is 124 Å². The fourth-order valence-corrected chi connectivity index (χ4v) is 2.96. The molecule has 114 valence electrons. The normalized spacial score (nSPS) is 23.3. The Morgan fingerprint density at radius 3 is 2.81 bits per heavy atom. The van der Waals surface area contributed by atoms with Crippen LogP contribution in [0, 0.1) is 0 Å². The van der Waals surface area contributed by atoms with Gasteiger partial charge in [-0.15, -0.1) is 0 Å². The summed E-state index contributed by atoms with van der Waals surface area (Å²) in [4.78, 5) is 30.4. The summed E-state index contributed by atoms with van der Waals surface area (Å²) in [5.41, 5.74) is 0.460. The van der Waals surface area contributed by atoms with E-state index < -0.39 is 0 Å². The molecule has 1 aromatic rings. The van der Waals surface area contributed by atoms with Gasteiger partial charge >= 0.3 is 0 Å². The van der Waals surface area contributed by atoms with Crippen LogP contribution in [0.4, 0.5) is 0 Å². The van der Waals surface area contributed by atoms with Gasteiger partial charge in [0, 0.05) is 52.5 Å². The minimum atomic E-state index is -0.199. The quantitative estimate of drug-likeness (QED) is 0.737. The number of aromatic nitrogens is 2. The third-order valence-corrected chi connectivity index (χ3v) is 4.35. The van der Waals surface area contributed by atoms with Crippen LogP contribution in [0.1, 0.15) is 17.4 Å². The molecule has 7 heteroatoms. The molecular formula is C14H21N5O2. The van der Waals surface area contributed by atoms with Gasteiger partial charge in [-0.2, -0.15) is 5.10 Å². The molecule has 2 aliphatic rings. The molecule has 21 heavy (non-hydrogen) atoms. The number of amides is 2. The zero-order valence-corrected chi connectivity index (χ0v) is 12.5. The van der Waals surface area contributed by atoms with Gasteiger partial charge in [0.15, 0.2) is 0 Å². The maximum atomic E-state index is 12.5. The van der Waals surface area contributed by atoms with E-state index in [-0.39, 0.29) is 17.9 Å². The van der Waals surface area contributed by atoms with Crippen molar-refractivity contribution in [3.63, 3.8) is 0 Å². The molecule has 3 heterocycles. The Morgan fingerprint density at radius 1 is 1.33 bits per heavy atom. The van der Waals surface area contributed by atoms with Crippen molar-refractivity contribution in [1.29, 1.82) is 0 Å². The molecule has 0 bridgehead atoms. The van der Waals surface area contributed by atoms with E-state index in [2.05, 4.69) is 10.00 Å². The molecule has 7 nitrogen and oxygen atoms in total. The Balaban J connectivity index is 1.72. The number of piperazine rings is 2. The molecule has 0 aliphatic carbocycles. The minimum Gasteiger partial charge on any atom is -0.343 e. The lowest BCUT2D eigenvalue weighted by molar-refractivity contribution is -0.142. The maximum absolute atomic E-state index is 12.5. The van der Waals surface area contributed by atoms with Crippen molar-refractivity contribution in [2.75, 3.05) is 39.8 Å². The van der Waals surface area contributed by atoms with Crippen molar-refractivity contribution in [1.82, 2.24) is 24.5 Å². The highest BCUT2D eigenvalue weighted by Crippen LogP contribution is 2.17. The molecule has 0 spiro atoms. The van der Waals surface area contributed by atoms with Crippen molar-refractivity contribution in [3.05, 3.63) is 18.0 Å². The SMILES string of the molecule is CCn1ccc(C(=O)N2CCN3CCN(C)C(=O)[C@@H]3C2)n1. The van der Waals surface area contributed by atoms with Gasteiger partial charge in [0.05, 0.1) is 0 Å². The summed E-state index contributed by atoms with van der Waals surface area (Å²) < 4.78 is 1.74. The second-order valence-electron chi connectivity index (χ2n) is 5.62. The maximum Gasteiger partial charge on any atom is 0.274 e. The summed E-state index contributed by atoms with van der Waals surface area (Å²) >= 11 is 0. The Kier molecular flexibility index (Phi) is 3.67. The van der Waals surface area contributed by atoms with Gasteiger partial charge in [-0.25, -0.2) is 0 Å². The first-order valence-electron chi connectivity index (χ1n) is 7.42. The van der Waals surface area contributed by atoms with Crippen LogP contribution in [0.25, 0.3) is 0 Å². The predicted molar refractivity (Wildman–Crippen MR) is 76.8 cm³/mol. The molecule has 2 amide bonds. The topological polar surface area (TPSA) is 61.7 Å². The number of fused-ring (bicyclic) bond motifs is 1. The molecule has 3 rings (SSSR count). The van der Waals surface area contributed by atoms with Crippen molar-refractivity contribution in [2.45, 2.75) is 19.5 Å². The van der Waals surface area contributed by atoms with E-state index in [4.69, 9.17) is 0 Å². The highest BCUT2D eigenvalue weighted by Gasteiger charge is 2.38. The van der Waals surface area contributed by atoms with E-state index in [1.807, 2.05) is 20.2 Å². The van der Waals surface area contributed by atoms with Gasteiger partial charge in [-0.3, -0.25) is 19.2 Å². The van der Waals surface area contributed by atoms with Gasteiger partial charge in [0.1, 0.15) is 11.7 Å². The lowest BCUT2D eigenvalue weighted by Gasteiger charge is -2.45. The Morgan fingerprint density at radius 2 is 2.10 bits per heavy atom. The van der Waals surface area contributed by atoms with Crippen molar-refractivity contribution >= 4 is 11.8 Å². The standard InChI is InChI=1S/C14H21N5O2/c1-3-19-5-4-11(15-19)13(20)18-9-8-17-7-6-16(2)14(21)12(17)10-18/h4-5,12H,3,6-10H2,1-2H3/t12-/m0/s1. The molecule has 0 unspecified atom stereocenters. The fourth-order valence-electron chi connectivity index (χ4n) is 2.96. The van der Waals surface area contributed by atoms with Crippen molar-refractivity contribution < 1.29 is 9.59 Å². The first-order chi connectivity index (χ1) is 10.1. The molecule has 2 aliphatic heterocycles. The number of hydrogen-bond acceptors (Lipinski definition) is 4. The first-order valence-corrected chi connectivity index (χ1v) is 7.42. The molecule has 0 radical (unpaired) electrons. The van der Waals surface area contributed by atoms with Crippen LogP contribution >= 0.6 is 0 Å². The molecule has 2 fully saturated rings. The second-order valence-corrected chi connectivity index (χ2v) is 5.62. The number of carbonyl (C=O) groups excluding carboxylic acids is 2.